The highest BCUT2D eigenvalue weighted by Crippen LogP contribution is 2.36. The lowest BCUT2D eigenvalue weighted by Crippen LogP contribution is -2.57. The second-order valence-electron chi connectivity index (χ2n) is 2.66. The smallest absolute Gasteiger partial charge is 0.393 e. The number of aliphatic hydroxyl groups is 1. The summed E-state index contributed by atoms with van der Waals surface area (Å²) >= 11 is 0. The molecule has 0 aromatic carbocycles. The van der Waals surface area contributed by atoms with Gasteiger partial charge in [0.05, 0.1) is 8.82 Å². The van der Waals surface area contributed by atoms with E-state index in [0.717, 1.165) is 0 Å². The fourth-order valence-electron chi connectivity index (χ4n) is 0.985. The molecule has 1 aliphatic carbocycles. The molecule has 1 heterocycles. The fourth-order valence-corrected chi connectivity index (χ4v) is 0.985. The minimum atomic E-state index is -6.22. The molecule has 2 N–H and O–H groups in total. The molecule has 2 fully saturated rings. The molecule has 2 rings (SSSR count). The van der Waals surface area contributed by atoms with Crippen molar-refractivity contribution in [3.8, 4) is 0 Å². The molecular formula is C10H16F3NO. The zero-order valence-corrected chi connectivity index (χ0v) is 7.03. The van der Waals surface area contributed by atoms with Gasteiger partial charge in [-0.2, -0.15) is 13.2 Å². The van der Waals surface area contributed by atoms with Crippen LogP contribution in [0.15, 0.2) is 0 Å². The normalized spacial score (nSPS) is 94.8. The lowest BCUT2D eigenvalue weighted by atomic mass is 9.76. The maximum atomic E-state index is 13.8. The molecule has 4 atom stereocenters. The van der Waals surface area contributed by atoms with Crippen molar-refractivity contribution in [3.05, 3.63) is 0 Å². The van der Waals surface area contributed by atoms with E-state index in [9.17, 15) is 18.3 Å². The van der Waals surface area contributed by atoms with E-state index >= 15 is 0 Å². The Morgan fingerprint density at radius 2 is 2.07 bits per heavy atom. The Labute approximate surface area is 108 Å². The number of nitrogens with one attached hydrogen (secondary N) is 1. The van der Waals surface area contributed by atoms with Gasteiger partial charge in [0.2, 0.25) is 0 Å². The zero-order valence-electron chi connectivity index (χ0n) is 22.0. The second kappa shape index (κ2) is 3.94. The molecule has 0 spiro atoms. The number of halogens is 3. The predicted octanol–water partition coefficient (Wildman–Crippen LogP) is 1.83. The van der Waals surface area contributed by atoms with Crippen LogP contribution in [0.1, 0.15) is 51.1 Å². The van der Waals surface area contributed by atoms with Crippen LogP contribution in [0.2, 0.25) is 1.41 Å². The van der Waals surface area contributed by atoms with Gasteiger partial charge >= 0.3 is 6.18 Å². The van der Waals surface area contributed by atoms with Crippen molar-refractivity contribution in [2.24, 2.45) is 5.89 Å². The van der Waals surface area contributed by atoms with Crippen LogP contribution in [0, 0.1) is 5.89 Å². The quantitative estimate of drug-likeness (QED) is 0.675. The van der Waals surface area contributed by atoms with E-state index in [0.29, 0.717) is 0 Å². The van der Waals surface area contributed by atoms with Crippen LogP contribution < -0.4 is 5.31 Å². The Bertz CT molecular complexity index is 770. The first kappa shape index (κ1) is 2.93. The number of hydrogen-bond acceptors (Lipinski definition) is 2. The van der Waals surface area contributed by atoms with Crippen molar-refractivity contribution in [1.29, 1.82) is 0 Å². The first-order chi connectivity index (χ1) is 12.7. The van der Waals surface area contributed by atoms with Gasteiger partial charge < -0.3 is 10.4 Å². The standard InChI is InChI=1S/C10H16F3NO/c11-10(12,13)9-5-4-6-7(14-9)2-1-3-8(6)15/h6-9,14-15H,1-5H2/i1D2,2D2,3D2,4D2,5D2,6D,7D,8D,9D/hD. The molecule has 1 saturated heterocycles. The van der Waals surface area contributed by atoms with Crippen molar-refractivity contribution < 1.29 is 38.9 Å². The molecule has 0 radical (unpaired) electrons. The maximum absolute atomic E-state index is 13.8. The monoisotopic (exact) mass is 238 g/mol. The molecular weight excluding hydrogens is 207 g/mol. The van der Waals surface area contributed by atoms with Crippen LogP contribution in [0.5, 0.6) is 0 Å². The molecule has 88 valence electrons. The highest BCUT2D eigenvalue weighted by atomic mass is 19.4. The van der Waals surface area contributed by atoms with Crippen LogP contribution in [0.25, 0.3) is 0 Å². The predicted molar refractivity (Wildman–Crippen MR) is 49.3 cm³/mol. The average Bonchev–Trinajstić information content (AvgIpc) is 2.54. The summed E-state index contributed by atoms with van der Waals surface area (Å²) in [6, 6.07) is -9.78. The number of alkyl halides is 3. The third-order valence-corrected chi connectivity index (χ3v) is 1.63. The Morgan fingerprint density at radius 1 is 1.33 bits per heavy atom. The first-order valence-electron chi connectivity index (χ1n) is 11.2. The van der Waals surface area contributed by atoms with E-state index in [1.54, 1.807) is 0 Å². The highest BCUT2D eigenvalue weighted by molar-refractivity contribution is 4.95. The van der Waals surface area contributed by atoms with E-state index < -0.39 is 67.4 Å². The Morgan fingerprint density at radius 3 is 2.73 bits per heavy atom. The molecule has 0 aromatic rings. The molecule has 15 heavy (non-hydrogen) atoms. The van der Waals surface area contributed by atoms with Crippen molar-refractivity contribution >= 4 is 0 Å². The lowest BCUT2D eigenvalue weighted by Gasteiger charge is -2.43. The lowest BCUT2D eigenvalue weighted by molar-refractivity contribution is -0.170. The third-order valence-electron chi connectivity index (χ3n) is 1.63. The van der Waals surface area contributed by atoms with Gasteiger partial charge in [-0.3, -0.25) is 0 Å². The molecule has 5 heteroatoms. The van der Waals surface area contributed by atoms with Crippen molar-refractivity contribution in [2.45, 2.75) is 56.2 Å². The van der Waals surface area contributed by atoms with E-state index in [-0.39, 0.29) is 0 Å². The van der Waals surface area contributed by atoms with Crippen LogP contribution >= 0.6 is 0 Å². The number of fused-ring (bicyclic) bond motifs is 1. The van der Waals surface area contributed by atoms with E-state index in [2.05, 4.69) is 0 Å². The number of rotatable bonds is 0. The fraction of sp³-hybridized carbons (Fsp3) is 1.00. The average molecular weight is 238 g/mol. The summed E-state index contributed by atoms with van der Waals surface area (Å²) in [5.74, 6) is -4.62. The van der Waals surface area contributed by atoms with E-state index in [4.69, 9.17) is 20.6 Å². The van der Waals surface area contributed by atoms with Gasteiger partial charge in [0.15, 0.2) is 0 Å². The molecule has 0 amide bonds. The summed E-state index contributed by atoms with van der Waals surface area (Å²) in [4.78, 5) is 0. The van der Waals surface area contributed by atoms with Crippen LogP contribution in [-0.4, -0.2) is 29.4 Å². The zero-order chi connectivity index (χ0) is 24.6. The third kappa shape index (κ3) is 2.28. The number of hydrogen-bond donors (Lipinski definition) is 2. The molecule has 0 bridgehead atoms. The Kier molecular flexibility index (Phi) is 0.770. The molecule has 0 aromatic heterocycles. The molecule has 1 aliphatic heterocycles. The minimum absolute atomic E-state index is 1.53. The Hall–Kier alpha value is -0.290. The SMILES string of the molecule is [2H]N1C([2H])(C(F)(F)F)C([2H])([2H])C([2H])([2H])C2([2H])C([2H])(O)C([2H])([2H])C([2H])([2H])C([2H])([2H])C12[2H]. The van der Waals surface area contributed by atoms with Gasteiger partial charge in [-0.15, -0.1) is 0 Å². The topological polar surface area (TPSA) is 32.3 Å². The van der Waals surface area contributed by atoms with Gasteiger partial charge in [-0.05, 0) is 31.9 Å². The van der Waals surface area contributed by atoms with Crippen LogP contribution in [0.3, 0.4) is 0 Å². The molecule has 1 saturated carbocycles. The summed E-state index contributed by atoms with van der Waals surface area (Å²) in [5, 5.41) is 8.94. The van der Waals surface area contributed by atoms with Crippen molar-refractivity contribution in [2.75, 3.05) is 0 Å². The van der Waals surface area contributed by atoms with Gasteiger partial charge in [-0.1, -0.05) is 0 Å². The number of piperidine rings is 1. The van der Waals surface area contributed by atoms with Crippen LogP contribution in [0.4, 0.5) is 13.2 Å². The van der Waals surface area contributed by atoms with Gasteiger partial charge in [0, 0.05) is 28.4 Å². The minimum Gasteiger partial charge on any atom is -0.393 e. The summed E-state index contributed by atoms with van der Waals surface area (Å²) < 4.78 is 158. The van der Waals surface area contributed by atoms with Crippen LogP contribution in [-0.2, 0) is 0 Å². The van der Waals surface area contributed by atoms with Gasteiger partial charge in [0.1, 0.15) is 7.43 Å². The largest absolute Gasteiger partial charge is 0.403 e. The van der Waals surface area contributed by atoms with Gasteiger partial charge in [0.25, 0.3) is 0 Å². The Balaban J connectivity index is 3.21. The second-order valence-corrected chi connectivity index (χ2v) is 2.66. The molecule has 2 nitrogen and oxygen atoms in total. The summed E-state index contributed by atoms with van der Waals surface area (Å²) in [6.07, 6.45) is -33.3. The van der Waals surface area contributed by atoms with E-state index in [1.165, 1.54) is 0 Å². The molecule has 4 unspecified atom stereocenters. The van der Waals surface area contributed by atoms with Crippen molar-refractivity contribution in [1.82, 2.24) is 5.31 Å². The summed E-state index contributed by atoms with van der Waals surface area (Å²) in [5.41, 5.74) is 0. The maximum Gasteiger partial charge on any atom is 0.403 e. The highest BCUT2D eigenvalue weighted by Gasteiger charge is 2.46. The molecule has 2 aliphatic rings. The van der Waals surface area contributed by atoms with Crippen molar-refractivity contribution in [3.63, 3.8) is 0 Å². The first-order valence-corrected chi connectivity index (χ1v) is 3.74. The summed E-state index contributed by atoms with van der Waals surface area (Å²) in [7, 11) is 0. The summed E-state index contributed by atoms with van der Waals surface area (Å²) in [6.45, 7) is 0. The van der Waals surface area contributed by atoms with Gasteiger partial charge in [-0.25, -0.2) is 0 Å². The van der Waals surface area contributed by atoms with E-state index in [1.807, 2.05) is 0 Å².